The third kappa shape index (κ3) is 3.04. The first-order valence-electron chi connectivity index (χ1n) is 6.36. The van der Waals surface area contributed by atoms with Crippen LogP contribution in [0.15, 0.2) is 23.3 Å². The van der Waals surface area contributed by atoms with Crippen molar-refractivity contribution in [1.82, 2.24) is 0 Å². The van der Waals surface area contributed by atoms with Gasteiger partial charge in [0, 0.05) is 5.41 Å². The second kappa shape index (κ2) is 6.02. The molecule has 0 spiro atoms. The quantitative estimate of drug-likeness (QED) is 0.683. The van der Waals surface area contributed by atoms with E-state index in [1.54, 1.807) is 6.92 Å². The first-order chi connectivity index (χ1) is 8.87. The van der Waals surface area contributed by atoms with Gasteiger partial charge in [-0.15, -0.1) is 0 Å². The fourth-order valence-electron chi connectivity index (χ4n) is 2.46. The molecule has 3 N–H and O–H groups in total. The number of carboxylic acids is 2. The number of rotatable bonds is 6. The Balaban J connectivity index is 3.31. The van der Waals surface area contributed by atoms with Crippen molar-refractivity contribution in [2.75, 3.05) is 6.61 Å². The molecule has 5 nitrogen and oxygen atoms in total. The molecule has 0 aliphatic heterocycles. The highest BCUT2D eigenvalue weighted by molar-refractivity contribution is 5.93. The summed E-state index contributed by atoms with van der Waals surface area (Å²) in [6, 6.07) is 0. The molecular weight excluding hydrogens is 248 g/mol. The van der Waals surface area contributed by atoms with Crippen molar-refractivity contribution < 1.29 is 24.9 Å². The predicted octanol–water partition coefficient (Wildman–Crippen LogP) is 1.83. The third-order valence-electron chi connectivity index (χ3n) is 3.60. The lowest BCUT2D eigenvalue weighted by atomic mass is 9.68. The number of unbranched alkanes of at least 4 members (excludes halogenated alkanes) is 1. The molecule has 0 aromatic heterocycles. The van der Waals surface area contributed by atoms with Gasteiger partial charge in [-0.25, -0.2) is 4.79 Å². The molecule has 2 unspecified atom stereocenters. The molecule has 19 heavy (non-hydrogen) atoms. The van der Waals surface area contributed by atoms with Gasteiger partial charge in [0.25, 0.3) is 0 Å². The fraction of sp³-hybridized carbons (Fsp3) is 0.571. The van der Waals surface area contributed by atoms with E-state index < -0.39 is 23.3 Å². The molecule has 0 amide bonds. The summed E-state index contributed by atoms with van der Waals surface area (Å²) in [5.74, 6) is -3.19. The van der Waals surface area contributed by atoms with Crippen LogP contribution in [0.3, 0.4) is 0 Å². The number of carbonyl (C=O) groups is 2. The Morgan fingerprint density at radius 1 is 1.37 bits per heavy atom. The number of aliphatic hydroxyl groups excluding tert-OH is 1. The van der Waals surface area contributed by atoms with Gasteiger partial charge in [-0.1, -0.05) is 32.4 Å². The number of hydrogen-bond donors (Lipinski definition) is 3. The van der Waals surface area contributed by atoms with E-state index in [2.05, 4.69) is 0 Å². The van der Waals surface area contributed by atoms with Gasteiger partial charge in [0.1, 0.15) is 0 Å². The summed E-state index contributed by atoms with van der Waals surface area (Å²) in [5, 5.41) is 28.0. The number of carboxylic acid groups (broad SMARTS) is 2. The molecule has 0 saturated carbocycles. The van der Waals surface area contributed by atoms with Gasteiger partial charge in [0.2, 0.25) is 0 Å². The van der Waals surface area contributed by atoms with E-state index in [1.807, 2.05) is 6.92 Å². The minimum atomic E-state index is -1.12. The van der Waals surface area contributed by atoms with Crippen LogP contribution in [0.1, 0.15) is 33.1 Å². The Bertz CT molecular complexity index is 435. The van der Waals surface area contributed by atoms with Crippen LogP contribution in [0.4, 0.5) is 0 Å². The van der Waals surface area contributed by atoms with Gasteiger partial charge >= 0.3 is 11.9 Å². The van der Waals surface area contributed by atoms with E-state index in [-0.39, 0.29) is 12.2 Å². The molecule has 0 saturated heterocycles. The van der Waals surface area contributed by atoms with Crippen LogP contribution in [-0.2, 0) is 9.59 Å². The van der Waals surface area contributed by atoms with Crippen molar-refractivity contribution in [2.45, 2.75) is 33.1 Å². The van der Waals surface area contributed by atoms with E-state index in [4.69, 9.17) is 0 Å². The minimum absolute atomic E-state index is 0.0479. The van der Waals surface area contributed by atoms with Gasteiger partial charge in [-0.05, 0) is 18.4 Å². The maximum Gasteiger partial charge on any atom is 0.335 e. The molecule has 106 valence electrons. The molecule has 1 aliphatic carbocycles. The van der Waals surface area contributed by atoms with Crippen LogP contribution in [0.2, 0.25) is 0 Å². The molecule has 1 aliphatic rings. The third-order valence-corrected chi connectivity index (χ3v) is 3.60. The van der Waals surface area contributed by atoms with Crippen molar-refractivity contribution in [3.05, 3.63) is 23.3 Å². The topological polar surface area (TPSA) is 94.8 Å². The zero-order valence-corrected chi connectivity index (χ0v) is 11.2. The van der Waals surface area contributed by atoms with E-state index in [0.717, 1.165) is 12.8 Å². The van der Waals surface area contributed by atoms with E-state index in [1.165, 1.54) is 12.2 Å². The Labute approximate surface area is 112 Å². The summed E-state index contributed by atoms with van der Waals surface area (Å²) in [7, 11) is 0. The number of aliphatic carboxylic acids is 2. The average Bonchev–Trinajstić information content (AvgIpc) is 2.35. The fourth-order valence-corrected chi connectivity index (χ4v) is 2.46. The first-order valence-corrected chi connectivity index (χ1v) is 6.36. The largest absolute Gasteiger partial charge is 0.481 e. The van der Waals surface area contributed by atoms with Crippen molar-refractivity contribution in [1.29, 1.82) is 0 Å². The highest BCUT2D eigenvalue weighted by Crippen LogP contribution is 2.41. The van der Waals surface area contributed by atoms with Crippen molar-refractivity contribution in [3.63, 3.8) is 0 Å². The second-order valence-corrected chi connectivity index (χ2v) is 5.12. The summed E-state index contributed by atoms with van der Waals surface area (Å²) in [6.07, 6.45) is 4.91. The van der Waals surface area contributed by atoms with Crippen molar-refractivity contribution in [3.8, 4) is 0 Å². The van der Waals surface area contributed by atoms with Gasteiger partial charge in [-0.2, -0.15) is 0 Å². The summed E-state index contributed by atoms with van der Waals surface area (Å²) < 4.78 is 0. The van der Waals surface area contributed by atoms with Gasteiger partial charge < -0.3 is 15.3 Å². The molecule has 0 fully saturated rings. The molecule has 2 atom stereocenters. The van der Waals surface area contributed by atoms with Crippen LogP contribution in [-0.4, -0.2) is 33.9 Å². The molecule has 0 aromatic carbocycles. The summed E-state index contributed by atoms with van der Waals surface area (Å²) in [5.41, 5.74) is -0.499. The van der Waals surface area contributed by atoms with E-state index in [0.29, 0.717) is 12.0 Å². The lowest BCUT2D eigenvalue weighted by Gasteiger charge is -2.36. The van der Waals surface area contributed by atoms with Crippen LogP contribution in [0.25, 0.3) is 0 Å². The Morgan fingerprint density at radius 3 is 2.42 bits per heavy atom. The Morgan fingerprint density at radius 2 is 2.00 bits per heavy atom. The Kier molecular flexibility index (Phi) is 4.89. The predicted molar refractivity (Wildman–Crippen MR) is 69.6 cm³/mol. The molecule has 1 rings (SSSR count). The monoisotopic (exact) mass is 268 g/mol. The van der Waals surface area contributed by atoms with Crippen LogP contribution in [0, 0.1) is 11.3 Å². The minimum Gasteiger partial charge on any atom is -0.481 e. The highest BCUT2D eigenvalue weighted by atomic mass is 16.4. The highest BCUT2D eigenvalue weighted by Gasteiger charge is 2.43. The van der Waals surface area contributed by atoms with Crippen LogP contribution < -0.4 is 0 Å². The van der Waals surface area contributed by atoms with Crippen molar-refractivity contribution in [2.24, 2.45) is 11.3 Å². The van der Waals surface area contributed by atoms with Gasteiger partial charge in [-0.3, -0.25) is 4.79 Å². The maximum atomic E-state index is 11.5. The van der Waals surface area contributed by atoms with Crippen molar-refractivity contribution >= 4 is 11.9 Å². The zero-order valence-electron chi connectivity index (χ0n) is 11.2. The SMILES string of the molecule is CCCCC1=C(C(=O)O)C=CC(C)(CO)C1C(=O)O. The van der Waals surface area contributed by atoms with E-state index >= 15 is 0 Å². The summed E-state index contributed by atoms with van der Waals surface area (Å²) in [4.78, 5) is 22.7. The standard InChI is InChI=1S/C14H20O5/c1-3-4-5-9-10(12(16)17)6-7-14(2,8-15)11(9)13(18)19/h6-7,11,15H,3-5,8H2,1-2H3,(H,16,17)(H,18,19). The molecule has 0 radical (unpaired) electrons. The normalized spacial score (nSPS) is 26.6. The van der Waals surface area contributed by atoms with Gasteiger partial charge in [0.15, 0.2) is 0 Å². The second-order valence-electron chi connectivity index (χ2n) is 5.12. The summed E-state index contributed by atoms with van der Waals surface area (Å²) in [6.45, 7) is 3.26. The van der Waals surface area contributed by atoms with Gasteiger partial charge in [0.05, 0.1) is 18.1 Å². The zero-order chi connectivity index (χ0) is 14.6. The Hall–Kier alpha value is -1.62. The molecule has 0 aromatic rings. The lowest BCUT2D eigenvalue weighted by molar-refractivity contribution is -0.144. The summed E-state index contributed by atoms with van der Waals surface area (Å²) >= 11 is 0. The molecule has 5 heteroatoms. The lowest BCUT2D eigenvalue weighted by Crippen LogP contribution is -2.39. The number of aliphatic hydroxyl groups is 1. The molecule has 0 heterocycles. The maximum absolute atomic E-state index is 11.5. The van der Waals surface area contributed by atoms with E-state index in [9.17, 15) is 24.9 Å². The van der Waals surface area contributed by atoms with Crippen LogP contribution >= 0.6 is 0 Å². The average molecular weight is 268 g/mol. The molecular formula is C14H20O5. The van der Waals surface area contributed by atoms with Crippen LogP contribution in [0.5, 0.6) is 0 Å². The molecule has 0 bridgehead atoms. The number of hydrogen-bond acceptors (Lipinski definition) is 3. The smallest absolute Gasteiger partial charge is 0.335 e. The first kappa shape index (κ1) is 15.4.